The first-order valence-electron chi connectivity index (χ1n) is 8.19. The van der Waals surface area contributed by atoms with Gasteiger partial charge in [0.05, 0.1) is 0 Å². The molecular formula is C16H29N5. The third-order valence-electron chi connectivity index (χ3n) is 4.17. The Balaban J connectivity index is 1.86. The highest BCUT2D eigenvalue weighted by Gasteiger charge is 2.26. The van der Waals surface area contributed by atoms with Crippen LogP contribution in [-0.4, -0.2) is 60.2 Å². The molecule has 0 bridgehead atoms. The highest BCUT2D eigenvalue weighted by Crippen LogP contribution is 2.15. The highest BCUT2D eigenvalue weighted by molar-refractivity contribution is 5.29. The van der Waals surface area contributed by atoms with E-state index in [1.807, 2.05) is 18.5 Å². The van der Waals surface area contributed by atoms with E-state index in [2.05, 4.69) is 45.9 Å². The van der Waals surface area contributed by atoms with E-state index in [0.29, 0.717) is 12.0 Å². The second kappa shape index (κ2) is 8.29. The van der Waals surface area contributed by atoms with Crippen LogP contribution in [0.4, 0.5) is 5.95 Å². The largest absolute Gasteiger partial charge is 0.338 e. The molecule has 2 heterocycles. The van der Waals surface area contributed by atoms with Gasteiger partial charge in [0.2, 0.25) is 5.95 Å². The molecule has 1 aliphatic heterocycles. The summed E-state index contributed by atoms with van der Waals surface area (Å²) in [5.74, 6) is 1.54. The number of hydrogen-bond acceptors (Lipinski definition) is 5. The molecule has 0 aliphatic carbocycles. The molecule has 1 unspecified atom stereocenters. The van der Waals surface area contributed by atoms with Crippen LogP contribution in [0.15, 0.2) is 18.5 Å². The summed E-state index contributed by atoms with van der Waals surface area (Å²) < 4.78 is 0. The molecule has 0 saturated carbocycles. The van der Waals surface area contributed by atoms with Gasteiger partial charge in [-0.25, -0.2) is 9.97 Å². The molecule has 0 spiro atoms. The first-order chi connectivity index (χ1) is 10.2. The van der Waals surface area contributed by atoms with E-state index in [4.69, 9.17) is 0 Å². The van der Waals surface area contributed by atoms with Crippen molar-refractivity contribution < 1.29 is 0 Å². The number of aromatic nitrogens is 2. The summed E-state index contributed by atoms with van der Waals surface area (Å²) in [5.41, 5.74) is 0. The zero-order valence-corrected chi connectivity index (χ0v) is 13.6. The SMILES string of the molecule is CCCNCC(C(C)C)N1CCN(c2ncccn2)CC1. The molecule has 2 rings (SSSR count). The van der Waals surface area contributed by atoms with Crippen LogP contribution in [0.3, 0.4) is 0 Å². The molecule has 1 N–H and O–H groups in total. The number of hydrogen-bond donors (Lipinski definition) is 1. The quantitative estimate of drug-likeness (QED) is 0.774. The maximum Gasteiger partial charge on any atom is 0.225 e. The summed E-state index contributed by atoms with van der Waals surface area (Å²) in [5, 5.41) is 3.58. The van der Waals surface area contributed by atoms with Crippen LogP contribution in [0.2, 0.25) is 0 Å². The summed E-state index contributed by atoms with van der Waals surface area (Å²) in [6.45, 7) is 13.3. The lowest BCUT2D eigenvalue weighted by atomic mass is 10.0. The number of anilines is 1. The van der Waals surface area contributed by atoms with Gasteiger partial charge in [0.25, 0.3) is 0 Å². The average molecular weight is 291 g/mol. The smallest absolute Gasteiger partial charge is 0.225 e. The Morgan fingerprint density at radius 2 is 1.81 bits per heavy atom. The van der Waals surface area contributed by atoms with Gasteiger partial charge in [-0.3, -0.25) is 4.90 Å². The normalized spacial score (nSPS) is 18.2. The summed E-state index contributed by atoms with van der Waals surface area (Å²) in [7, 11) is 0. The Hall–Kier alpha value is -1.20. The third kappa shape index (κ3) is 4.64. The molecule has 1 saturated heterocycles. The van der Waals surface area contributed by atoms with Crippen molar-refractivity contribution in [1.29, 1.82) is 0 Å². The van der Waals surface area contributed by atoms with E-state index < -0.39 is 0 Å². The molecule has 0 amide bonds. The second-order valence-corrected chi connectivity index (χ2v) is 6.09. The zero-order valence-electron chi connectivity index (χ0n) is 13.6. The zero-order chi connectivity index (χ0) is 15.1. The summed E-state index contributed by atoms with van der Waals surface area (Å²) in [6.07, 6.45) is 4.84. The van der Waals surface area contributed by atoms with Gasteiger partial charge in [-0.15, -0.1) is 0 Å². The number of nitrogens with zero attached hydrogens (tertiary/aromatic N) is 4. The van der Waals surface area contributed by atoms with Crippen LogP contribution >= 0.6 is 0 Å². The number of nitrogens with one attached hydrogen (secondary N) is 1. The Kier molecular flexibility index (Phi) is 6.39. The van der Waals surface area contributed by atoms with Gasteiger partial charge in [0, 0.05) is 51.2 Å². The van der Waals surface area contributed by atoms with Crippen LogP contribution in [0, 0.1) is 5.92 Å². The van der Waals surface area contributed by atoms with Gasteiger partial charge in [-0.05, 0) is 24.9 Å². The van der Waals surface area contributed by atoms with Crippen molar-refractivity contribution in [3.05, 3.63) is 18.5 Å². The monoisotopic (exact) mass is 291 g/mol. The van der Waals surface area contributed by atoms with Gasteiger partial charge < -0.3 is 10.2 Å². The molecule has 0 aromatic carbocycles. The van der Waals surface area contributed by atoms with E-state index in [1.54, 1.807) is 0 Å². The van der Waals surface area contributed by atoms with Crippen molar-refractivity contribution in [2.24, 2.45) is 5.92 Å². The molecule has 1 atom stereocenters. The number of piperazine rings is 1. The molecule has 1 fully saturated rings. The van der Waals surface area contributed by atoms with Crippen molar-refractivity contribution in [1.82, 2.24) is 20.2 Å². The maximum absolute atomic E-state index is 4.35. The maximum atomic E-state index is 4.35. The molecule has 1 aliphatic rings. The van der Waals surface area contributed by atoms with Gasteiger partial charge >= 0.3 is 0 Å². The lowest BCUT2D eigenvalue weighted by Gasteiger charge is -2.41. The van der Waals surface area contributed by atoms with Crippen molar-refractivity contribution in [2.45, 2.75) is 33.2 Å². The highest BCUT2D eigenvalue weighted by atomic mass is 15.3. The lowest BCUT2D eigenvalue weighted by molar-refractivity contribution is 0.143. The van der Waals surface area contributed by atoms with Gasteiger partial charge in [0.1, 0.15) is 0 Å². The van der Waals surface area contributed by atoms with Gasteiger partial charge in [-0.1, -0.05) is 20.8 Å². The van der Waals surface area contributed by atoms with E-state index >= 15 is 0 Å². The van der Waals surface area contributed by atoms with Crippen LogP contribution in [0.25, 0.3) is 0 Å². The molecule has 1 aromatic heterocycles. The summed E-state index contributed by atoms with van der Waals surface area (Å²) in [4.78, 5) is 13.6. The first kappa shape index (κ1) is 16.2. The van der Waals surface area contributed by atoms with Crippen molar-refractivity contribution in [3.63, 3.8) is 0 Å². The molecular weight excluding hydrogens is 262 g/mol. The first-order valence-corrected chi connectivity index (χ1v) is 8.19. The van der Waals surface area contributed by atoms with Gasteiger partial charge in [0.15, 0.2) is 0 Å². The molecule has 5 nitrogen and oxygen atoms in total. The van der Waals surface area contributed by atoms with Crippen molar-refractivity contribution >= 4 is 5.95 Å². The predicted octanol–water partition coefficient (Wildman–Crippen LogP) is 1.62. The topological polar surface area (TPSA) is 44.3 Å². The summed E-state index contributed by atoms with van der Waals surface area (Å²) in [6, 6.07) is 2.49. The fourth-order valence-electron chi connectivity index (χ4n) is 2.92. The average Bonchev–Trinajstić information content (AvgIpc) is 2.52. The fourth-order valence-corrected chi connectivity index (χ4v) is 2.92. The van der Waals surface area contributed by atoms with E-state index in [-0.39, 0.29) is 0 Å². The molecule has 21 heavy (non-hydrogen) atoms. The molecule has 5 heteroatoms. The Bertz CT molecular complexity index is 387. The Labute approximate surface area is 128 Å². The minimum absolute atomic E-state index is 0.621. The van der Waals surface area contributed by atoms with Crippen molar-refractivity contribution in [3.8, 4) is 0 Å². The van der Waals surface area contributed by atoms with E-state index in [1.165, 1.54) is 6.42 Å². The molecule has 0 radical (unpaired) electrons. The van der Waals surface area contributed by atoms with E-state index in [0.717, 1.165) is 45.2 Å². The Morgan fingerprint density at radius 1 is 1.14 bits per heavy atom. The minimum Gasteiger partial charge on any atom is -0.338 e. The van der Waals surface area contributed by atoms with E-state index in [9.17, 15) is 0 Å². The van der Waals surface area contributed by atoms with Gasteiger partial charge in [-0.2, -0.15) is 0 Å². The number of rotatable bonds is 7. The fraction of sp³-hybridized carbons (Fsp3) is 0.750. The Morgan fingerprint density at radius 3 is 2.38 bits per heavy atom. The third-order valence-corrected chi connectivity index (χ3v) is 4.17. The lowest BCUT2D eigenvalue weighted by Crippen LogP contribution is -2.55. The molecule has 118 valence electrons. The van der Waals surface area contributed by atoms with Crippen LogP contribution < -0.4 is 10.2 Å². The minimum atomic E-state index is 0.621. The van der Waals surface area contributed by atoms with Crippen LogP contribution in [0.1, 0.15) is 27.2 Å². The van der Waals surface area contributed by atoms with Crippen molar-refractivity contribution in [2.75, 3.05) is 44.2 Å². The standard InChI is InChI=1S/C16H29N5/c1-4-6-17-13-15(14(2)3)20-9-11-21(12-10-20)16-18-7-5-8-19-16/h5,7-8,14-15,17H,4,6,9-13H2,1-3H3. The van der Waals surface area contributed by atoms with Crippen LogP contribution in [0.5, 0.6) is 0 Å². The van der Waals surface area contributed by atoms with Crippen LogP contribution in [-0.2, 0) is 0 Å². The molecule has 1 aromatic rings. The second-order valence-electron chi connectivity index (χ2n) is 6.09. The summed E-state index contributed by atoms with van der Waals surface area (Å²) >= 11 is 0. The predicted molar refractivity (Wildman–Crippen MR) is 87.6 cm³/mol.